The summed E-state index contributed by atoms with van der Waals surface area (Å²) in [5, 5.41) is 2.28. The molecule has 0 radical (unpaired) electrons. The highest BCUT2D eigenvalue weighted by Gasteiger charge is 2.46. The summed E-state index contributed by atoms with van der Waals surface area (Å²) in [5.41, 5.74) is 12.3. The summed E-state index contributed by atoms with van der Waals surface area (Å²) >= 11 is 0. The van der Waals surface area contributed by atoms with Crippen LogP contribution in [0.1, 0.15) is 22.3 Å². The Hall–Kier alpha value is -6.97. The molecule has 0 amide bonds. The van der Waals surface area contributed by atoms with Gasteiger partial charge < -0.3 is 0 Å². The second kappa shape index (κ2) is 12.7. The van der Waals surface area contributed by atoms with E-state index < -0.39 is 5.41 Å². The number of rotatable bonds is 6. The quantitative estimate of drug-likeness (QED) is 0.176. The minimum Gasteiger partial charge on any atom is -0.208 e. The van der Waals surface area contributed by atoms with Crippen molar-refractivity contribution < 1.29 is 0 Å². The molecule has 3 nitrogen and oxygen atoms in total. The van der Waals surface area contributed by atoms with Crippen LogP contribution < -0.4 is 0 Å². The normalized spacial score (nSPS) is 12.7. The van der Waals surface area contributed by atoms with Crippen LogP contribution in [-0.2, 0) is 5.41 Å². The van der Waals surface area contributed by atoms with Crippen LogP contribution in [0.15, 0.2) is 200 Å². The minimum atomic E-state index is -0.467. The SMILES string of the molecule is c1ccc(-c2ccc(-c3nc(-c4ccccc4)nc(-c4cccc5c6c(ccc45)C(c4ccccc4)(c4ccccc4)c4ccccc4-6)n3)cc2)cc1. The van der Waals surface area contributed by atoms with E-state index >= 15 is 0 Å². The van der Waals surface area contributed by atoms with Gasteiger partial charge in [-0.2, -0.15) is 0 Å². The summed E-state index contributed by atoms with van der Waals surface area (Å²) in [4.78, 5) is 15.4. The van der Waals surface area contributed by atoms with Crippen molar-refractivity contribution in [3.05, 3.63) is 222 Å². The fraction of sp³-hybridized carbons (Fsp3) is 0.0200. The Bertz CT molecular complexity index is 2700. The van der Waals surface area contributed by atoms with Crippen molar-refractivity contribution in [2.75, 3.05) is 0 Å². The van der Waals surface area contributed by atoms with E-state index in [2.05, 4.69) is 176 Å². The Morgan fingerprint density at radius 1 is 0.283 bits per heavy atom. The molecule has 0 unspecified atom stereocenters. The number of nitrogens with zero attached hydrogens (tertiary/aromatic N) is 3. The first-order valence-electron chi connectivity index (χ1n) is 18.0. The van der Waals surface area contributed by atoms with Gasteiger partial charge in [-0.1, -0.05) is 200 Å². The number of hydrogen-bond acceptors (Lipinski definition) is 3. The predicted molar refractivity (Wildman–Crippen MR) is 216 cm³/mol. The minimum absolute atomic E-state index is 0.467. The van der Waals surface area contributed by atoms with Gasteiger partial charge in [0.1, 0.15) is 0 Å². The fourth-order valence-corrected chi connectivity index (χ4v) is 8.28. The summed E-state index contributed by atoms with van der Waals surface area (Å²) in [6, 6.07) is 71.0. The van der Waals surface area contributed by atoms with Crippen molar-refractivity contribution in [1.82, 2.24) is 15.0 Å². The van der Waals surface area contributed by atoms with Crippen LogP contribution in [0.5, 0.6) is 0 Å². The summed E-state index contributed by atoms with van der Waals surface area (Å²) in [5.74, 6) is 1.94. The summed E-state index contributed by atoms with van der Waals surface area (Å²) in [6.45, 7) is 0. The molecule has 0 bridgehead atoms. The molecule has 3 heteroatoms. The maximum Gasteiger partial charge on any atom is 0.164 e. The second-order valence-electron chi connectivity index (χ2n) is 13.5. The largest absolute Gasteiger partial charge is 0.208 e. The molecule has 1 heterocycles. The molecular formula is C50H33N3. The Morgan fingerprint density at radius 3 is 1.40 bits per heavy atom. The second-order valence-corrected chi connectivity index (χ2v) is 13.5. The smallest absolute Gasteiger partial charge is 0.164 e. The highest BCUT2D eigenvalue weighted by atomic mass is 15.0. The maximum absolute atomic E-state index is 5.19. The van der Waals surface area contributed by atoms with Crippen molar-refractivity contribution >= 4 is 10.8 Å². The van der Waals surface area contributed by atoms with Crippen molar-refractivity contribution in [3.8, 4) is 56.4 Å². The molecular weight excluding hydrogens is 643 g/mol. The third kappa shape index (κ3) is 5.01. The zero-order chi connectivity index (χ0) is 35.2. The molecule has 1 aliphatic rings. The van der Waals surface area contributed by atoms with Gasteiger partial charge in [0.2, 0.25) is 0 Å². The van der Waals surface area contributed by atoms with Crippen LogP contribution in [0.25, 0.3) is 67.2 Å². The fourth-order valence-electron chi connectivity index (χ4n) is 8.28. The highest BCUT2D eigenvalue weighted by Crippen LogP contribution is 2.58. The van der Waals surface area contributed by atoms with Crippen LogP contribution in [0.4, 0.5) is 0 Å². The van der Waals surface area contributed by atoms with Gasteiger partial charge in [0.25, 0.3) is 0 Å². The van der Waals surface area contributed by atoms with Crippen LogP contribution in [0, 0.1) is 0 Å². The molecule has 0 atom stereocenters. The van der Waals surface area contributed by atoms with E-state index in [0.29, 0.717) is 17.5 Å². The number of hydrogen-bond donors (Lipinski definition) is 0. The van der Waals surface area contributed by atoms with Gasteiger partial charge in [-0.15, -0.1) is 0 Å². The maximum atomic E-state index is 5.19. The molecule has 0 N–H and O–H groups in total. The van der Waals surface area contributed by atoms with Crippen molar-refractivity contribution in [2.45, 2.75) is 5.41 Å². The van der Waals surface area contributed by atoms with Gasteiger partial charge in [-0.05, 0) is 55.3 Å². The van der Waals surface area contributed by atoms with Crippen LogP contribution in [0.3, 0.4) is 0 Å². The average Bonchev–Trinajstić information content (AvgIpc) is 3.56. The van der Waals surface area contributed by atoms with E-state index in [1.54, 1.807) is 0 Å². The molecule has 1 aromatic heterocycles. The Balaban J connectivity index is 1.20. The van der Waals surface area contributed by atoms with Gasteiger partial charge in [0.15, 0.2) is 17.5 Å². The lowest BCUT2D eigenvalue weighted by molar-refractivity contribution is 0.769. The van der Waals surface area contributed by atoms with E-state index in [1.807, 2.05) is 24.3 Å². The molecule has 0 spiro atoms. The van der Waals surface area contributed by atoms with E-state index in [0.717, 1.165) is 27.6 Å². The number of benzene rings is 8. The molecule has 1 aliphatic carbocycles. The highest BCUT2D eigenvalue weighted by molar-refractivity contribution is 6.08. The lowest BCUT2D eigenvalue weighted by atomic mass is 9.67. The van der Waals surface area contributed by atoms with Crippen molar-refractivity contribution in [1.29, 1.82) is 0 Å². The first-order chi connectivity index (χ1) is 26.3. The molecule has 0 saturated heterocycles. The molecule has 0 fully saturated rings. The summed E-state index contributed by atoms with van der Waals surface area (Å²) < 4.78 is 0. The summed E-state index contributed by atoms with van der Waals surface area (Å²) in [6.07, 6.45) is 0. The zero-order valence-electron chi connectivity index (χ0n) is 28.9. The monoisotopic (exact) mass is 675 g/mol. The molecule has 248 valence electrons. The summed E-state index contributed by atoms with van der Waals surface area (Å²) in [7, 11) is 0. The lowest BCUT2D eigenvalue weighted by Gasteiger charge is -2.34. The number of aromatic nitrogens is 3. The van der Waals surface area contributed by atoms with E-state index in [-0.39, 0.29) is 0 Å². The average molecular weight is 676 g/mol. The lowest BCUT2D eigenvalue weighted by Crippen LogP contribution is -2.28. The van der Waals surface area contributed by atoms with Crippen LogP contribution in [0.2, 0.25) is 0 Å². The zero-order valence-corrected chi connectivity index (χ0v) is 28.9. The van der Waals surface area contributed by atoms with Gasteiger partial charge in [-0.25, -0.2) is 15.0 Å². The van der Waals surface area contributed by atoms with Gasteiger partial charge >= 0.3 is 0 Å². The van der Waals surface area contributed by atoms with E-state index in [9.17, 15) is 0 Å². The Kier molecular flexibility index (Phi) is 7.36. The molecule has 0 saturated carbocycles. The first kappa shape index (κ1) is 30.8. The number of fused-ring (bicyclic) bond motifs is 5. The first-order valence-corrected chi connectivity index (χ1v) is 18.0. The van der Waals surface area contributed by atoms with Crippen LogP contribution >= 0.6 is 0 Å². The third-order valence-corrected chi connectivity index (χ3v) is 10.6. The van der Waals surface area contributed by atoms with E-state index in [1.165, 1.54) is 44.3 Å². The topological polar surface area (TPSA) is 38.7 Å². The standard InChI is InChI=1S/C50H33N3/c1-5-16-34(17-6-1)35-28-30-37(31-29-35)48-51-47(36-18-7-2-8-19-36)52-49(53-48)42-26-15-25-41-40(42)32-33-45-46(41)43-24-13-14-27-44(43)50(45,38-20-9-3-10-21-38)39-22-11-4-12-23-39/h1-33H. The third-order valence-electron chi connectivity index (χ3n) is 10.6. The van der Waals surface area contributed by atoms with Crippen molar-refractivity contribution in [3.63, 3.8) is 0 Å². The molecule has 8 aromatic carbocycles. The van der Waals surface area contributed by atoms with E-state index in [4.69, 9.17) is 15.0 Å². The molecule has 53 heavy (non-hydrogen) atoms. The van der Waals surface area contributed by atoms with Crippen LogP contribution in [-0.4, -0.2) is 15.0 Å². The molecule has 0 aliphatic heterocycles. The Labute approximate surface area is 309 Å². The van der Waals surface area contributed by atoms with Crippen molar-refractivity contribution in [2.24, 2.45) is 0 Å². The van der Waals surface area contributed by atoms with Gasteiger partial charge in [0.05, 0.1) is 5.41 Å². The van der Waals surface area contributed by atoms with Gasteiger partial charge in [0, 0.05) is 16.7 Å². The Morgan fingerprint density at radius 2 is 0.755 bits per heavy atom. The molecule has 9 aromatic rings. The predicted octanol–water partition coefficient (Wildman–Crippen LogP) is 12.1. The van der Waals surface area contributed by atoms with Gasteiger partial charge in [-0.3, -0.25) is 0 Å². The molecule has 10 rings (SSSR count).